The van der Waals surface area contributed by atoms with Gasteiger partial charge in [0.05, 0.1) is 0 Å². The lowest BCUT2D eigenvalue weighted by molar-refractivity contribution is 0.454. The van der Waals surface area contributed by atoms with Gasteiger partial charge in [-0.1, -0.05) is 15.9 Å². The van der Waals surface area contributed by atoms with E-state index in [1.807, 2.05) is 25.1 Å². The standard InChI is InChI=1S/C16H17BrN2O/c1-10-7-13(5-6-14(10)17)20-16-12(9-18)8-11-3-2-4-15(11)19-16/h5-8H,2-4,9,18H2,1H3. The lowest BCUT2D eigenvalue weighted by Gasteiger charge is -2.12. The van der Waals surface area contributed by atoms with Crippen molar-refractivity contribution in [2.75, 3.05) is 0 Å². The van der Waals surface area contributed by atoms with Gasteiger partial charge in [-0.15, -0.1) is 0 Å². The number of hydrogen-bond donors (Lipinski definition) is 1. The minimum atomic E-state index is 0.450. The summed E-state index contributed by atoms with van der Waals surface area (Å²) in [6.45, 7) is 2.49. The molecule has 1 aliphatic carbocycles. The highest BCUT2D eigenvalue weighted by molar-refractivity contribution is 9.10. The van der Waals surface area contributed by atoms with Crippen molar-refractivity contribution in [2.45, 2.75) is 32.7 Å². The Morgan fingerprint density at radius 2 is 2.15 bits per heavy atom. The molecule has 0 fully saturated rings. The Kier molecular flexibility index (Phi) is 3.76. The van der Waals surface area contributed by atoms with Crippen LogP contribution in [0.5, 0.6) is 11.6 Å². The topological polar surface area (TPSA) is 48.1 Å². The Morgan fingerprint density at radius 1 is 1.30 bits per heavy atom. The van der Waals surface area contributed by atoms with Crippen molar-refractivity contribution in [1.82, 2.24) is 4.98 Å². The molecule has 1 heterocycles. The van der Waals surface area contributed by atoms with Crippen molar-refractivity contribution in [3.63, 3.8) is 0 Å². The largest absolute Gasteiger partial charge is 0.439 e. The van der Waals surface area contributed by atoms with Crippen LogP contribution in [0.15, 0.2) is 28.7 Å². The highest BCUT2D eigenvalue weighted by Gasteiger charge is 2.17. The van der Waals surface area contributed by atoms with Crippen LogP contribution < -0.4 is 10.5 Å². The third-order valence-corrected chi connectivity index (χ3v) is 4.54. The van der Waals surface area contributed by atoms with Crippen molar-refractivity contribution in [3.05, 3.63) is 51.1 Å². The lowest BCUT2D eigenvalue weighted by atomic mass is 10.1. The molecule has 0 atom stereocenters. The van der Waals surface area contributed by atoms with Crippen LogP contribution in [-0.4, -0.2) is 4.98 Å². The number of halogens is 1. The monoisotopic (exact) mass is 332 g/mol. The molecule has 1 aromatic carbocycles. The van der Waals surface area contributed by atoms with Crippen LogP contribution in [0.3, 0.4) is 0 Å². The maximum absolute atomic E-state index is 5.95. The summed E-state index contributed by atoms with van der Waals surface area (Å²) in [5.74, 6) is 1.45. The molecular weight excluding hydrogens is 316 g/mol. The number of nitrogens with two attached hydrogens (primary N) is 1. The van der Waals surface area contributed by atoms with Gasteiger partial charge in [-0.25, -0.2) is 4.98 Å². The van der Waals surface area contributed by atoms with Gasteiger partial charge >= 0.3 is 0 Å². The molecule has 20 heavy (non-hydrogen) atoms. The average molecular weight is 333 g/mol. The van der Waals surface area contributed by atoms with Crippen molar-refractivity contribution in [3.8, 4) is 11.6 Å². The fourth-order valence-electron chi connectivity index (χ4n) is 2.53. The average Bonchev–Trinajstić information content (AvgIpc) is 2.89. The summed E-state index contributed by atoms with van der Waals surface area (Å²) in [7, 11) is 0. The van der Waals surface area contributed by atoms with Crippen molar-refractivity contribution < 1.29 is 4.74 Å². The zero-order valence-electron chi connectivity index (χ0n) is 11.4. The second-order valence-corrected chi connectivity index (χ2v) is 5.98. The predicted octanol–water partition coefficient (Wildman–Crippen LogP) is 3.89. The lowest BCUT2D eigenvalue weighted by Crippen LogP contribution is -2.04. The summed E-state index contributed by atoms with van der Waals surface area (Å²) in [4.78, 5) is 4.66. The maximum atomic E-state index is 5.95. The molecule has 104 valence electrons. The Labute approximate surface area is 127 Å². The molecule has 3 nitrogen and oxygen atoms in total. The fourth-order valence-corrected chi connectivity index (χ4v) is 2.77. The molecule has 0 bridgehead atoms. The van der Waals surface area contributed by atoms with E-state index in [0.29, 0.717) is 12.4 Å². The molecule has 2 aromatic rings. The first-order valence-corrected chi connectivity index (χ1v) is 7.62. The van der Waals surface area contributed by atoms with E-state index in [-0.39, 0.29) is 0 Å². The number of aryl methyl sites for hydroxylation is 3. The number of benzene rings is 1. The van der Waals surface area contributed by atoms with Crippen LogP contribution in [0.1, 0.15) is 28.8 Å². The Hall–Kier alpha value is -1.39. The van der Waals surface area contributed by atoms with Gasteiger partial charge in [0.25, 0.3) is 0 Å². The molecule has 3 rings (SSSR count). The number of aromatic nitrogens is 1. The van der Waals surface area contributed by atoms with E-state index in [1.165, 1.54) is 12.0 Å². The molecule has 1 aromatic heterocycles. The van der Waals surface area contributed by atoms with Crippen LogP contribution in [-0.2, 0) is 19.4 Å². The Morgan fingerprint density at radius 3 is 2.90 bits per heavy atom. The summed E-state index contributed by atoms with van der Waals surface area (Å²) in [6.07, 6.45) is 3.32. The van der Waals surface area contributed by atoms with Gasteiger partial charge in [0.2, 0.25) is 5.88 Å². The zero-order valence-corrected chi connectivity index (χ0v) is 13.0. The molecule has 0 saturated heterocycles. The van der Waals surface area contributed by atoms with E-state index in [0.717, 1.165) is 39.9 Å². The predicted molar refractivity (Wildman–Crippen MR) is 83.1 cm³/mol. The first kappa shape index (κ1) is 13.6. The van der Waals surface area contributed by atoms with Crippen molar-refractivity contribution in [1.29, 1.82) is 0 Å². The molecule has 4 heteroatoms. The van der Waals surface area contributed by atoms with Gasteiger partial charge < -0.3 is 10.5 Å². The summed E-state index contributed by atoms with van der Waals surface area (Å²) in [6, 6.07) is 8.07. The zero-order chi connectivity index (χ0) is 14.1. The van der Waals surface area contributed by atoms with Crippen LogP contribution in [0, 0.1) is 6.92 Å². The van der Waals surface area contributed by atoms with Crippen molar-refractivity contribution >= 4 is 15.9 Å². The minimum absolute atomic E-state index is 0.450. The summed E-state index contributed by atoms with van der Waals surface area (Å²) in [5, 5.41) is 0. The van der Waals surface area contributed by atoms with Gasteiger partial charge in [-0.05, 0) is 61.6 Å². The molecule has 2 N–H and O–H groups in total. The third-order valence-electron chi connectivity index (χ3n) is 3.65. The highest BCUT2D eigenvalue weighted by atomic mass is 79.9. The van der Waals surface area contributed by atoms with Gasteiger partial charge in [0.15, 0.2) is 0 Å². The van der Waals surface area contributed by atoms with Crippen molar-refractivity contribution in [2.24, 2.45) is 5.73 Å². The molecule has 1 aliphatic rings. The first-order valence-electron chi connectivity index (χ1n) is 6.83. The van der Waals surface area contributed by atoms with Crippen LogP contribution in [0.25, 0.3) is 0 Å². The number of nitrogens with zero attached hydrogens (tertiary/aromatic N) is 1. The number of ether oxygens (including phenoxy) is 1. The number of fused-ring (bicyclic) bond motifs is 1. The number of hydrogen-bond acceptors (Lipinski definition) is 3. The summed E-state index contributed by atoms with van der Waals surface area (Å²) >= 11 is 3.49. The molecule has 0 spiro atoms. The second kappa shape index (κ2) is 5.54. The van der Waals surface area contributed by atoms with Crippen LogP contribution >= 0.6 is 15.9 Å². The molecule has 0 aliphatic heterocycles. The van der Waals surface area contributed by atoms with E-state index in [4.69, 9.17) is 10.5 Å². The smallest absolute Gasteiger partial charge is 0.223 e. The minimum Gasteiger partial charge on any atom is -0.439 e. The van der Waals surface area contributed by atoms with Gasteiger partial charge in [-0.2, -0.15) is 0 Å². The third kappa shape index (κ3) is 2.58. The second-order valence-electron chi connectivity index (χ2n) is 5.13. The van der Waals surface area contributed by atoms with Gasteiger partial charge in [-0.3, -0.25) is 0 Å². The molecule has 0 saturated carbocycles. The van der Waals surface area contributed by atoms with E-state index >= 15 is 0 Å². The van der Waals surface area contributed by atoms with E-state index in [2.05, 4.69) is 27.0 Å². The Balaban J connectivity index is 1.95. The van der Waals surface area contributed by atoms with Crippen LogP contribution in [0.4, 0.5) is 0 Å². The van der Waals surface area contributed by atoms with Crippen LogP contribution in [0.2, 0.25) is 0 Å². The fraction of sp³-hybridized carbons (Fsp3) is 0.312. The normalized spacial score (nSPS) is 13.3. The van der Waals surface area contributed by atoms with E-state index in [9.17, 15) is 0 Å². The summed E-state index contributed by atoms with van der Waals surface area (Å²) < 4.78 is 7.02. The first-order chi connectivity index (χ1) is 9.67. The Bertz CT molecular complexity index is 655. The summed E-state index contributed by atoms with van der Waals surface area (Å²) in [5.41, 5.74) is 10.4. The number of pyridine rings is 1. The van der Waals surface area contributed by atoms with E-state index in [1.54, 1.807) is 0 Å². The number of rotatable bonds is 3. The quantitative estimate of drug-likeness (QED) is 0.927. The van der Waals surface area contributed by atoms with E-state index < -0.39 is 0 Å². The van der Waals surface area contributed by atoms with Gasteiger partial charge in [0, 0.05) is 22.3 Å². The highest BCUT2D eigenvalue weighted by Crippen LogP contribution is 2.30. The maximum Gasteiger partial charge on any atom is 0.223 e. The van der Waals surface area contributed by atoms with Gasteiger partial charge in [0.1, 0.15) is 5.75 Å². The molecule has 0 unspecified atom stereocenters. The molecule has 0 amide bonds. The SMILES string of the molecule is Cc1cc(Oc2nc3c(cc2CN)CCC3)ccc1Br. The molecular formula is C16H17BrN2O. The molecule has 0 radical (unpaired) electrons.